The summed E-state index contributed by atoms with van der Waals surface area (Å²) in [7, 11) is 1.69. The maximum Gasteiger partial charge on any atom is 0.230 e. The average Bonchev–Trinajstić information content (AvgIpc) is 3.50. The number of hydrogen-bond donors (Lipinski definition) is 1. The highest BCUT2D eigenvalue weighted by molar-refractivity contribution is 7.19. The van der Waals surface area contributed by atoms with E-state index in [1.54, 1.807) is 13.3 Å². The first-order valence-corrected chi connectivity index (χ1v) is 12.1. The maximum absolute atomic E-state index is 12.1. The number of halogens is 1. The van der Waals surface area contributed by atoms with E-state index < -0.39 is 0 Å². The van der Waals surface area contributed by atoms with Crippen molar-refractivity contribution in [1.82, 2.24) is 15.2 Å². The zero-order valence-electron chi connectivity index (χ0n) is 18.4. The summed E-state index contributed by atoms with van der Waals surface area (Å²) in [6.45, 7) is 3.70. The Balaban J connectivity index is 1.55. The Morgan fingerprint density at radius 1 is 1.15 bits per heavy atom. The number of carbonyl (C=O) groups is 2. The second-order valence-corrected chi connectivity index (χ2v) is 9.92. The number of imide groups is 1. The van der Waals surface area contributed by atoms with E-state index in [0.29, 0.717) is 11.6 Å². The molecule has 33 heavy (non-hydrogen) atoms. The van der Waals surface area contributed by atoms with Gasteiger partial charge in [-0.25, -0.2) is 0 Å². The van der Waals surface area contributed by atoms with Crippen LogP contribution in [0.4, 0.5) is 0 Å². The van der Waals surface area contributed by atoms with Crippen LogP contribution in [0.1, 0.15) is 23.3 Å². The van der Waals surface area contributed by atoms with Gasteiger partial charge in [-0.1, -0.05) is 11.6 Å². The van der Waals surface area contributed by atoms with E-state index in [4.69, 9.17) is 21.1 Å². The predicted molar refractivity (Wildman–Crippen MR) is 128 cm³/mol. The number of hydrogen-bond acceptors (Lipinski definition) is 7. The zero-order valence-corrected chi connectivity index (χ0v) is 20.0. The van der Waals surface area contributed by atoms with Gasteiger partial charge in [0.2, 0.25) is 11.8 Å². The molecule has 0 radical (unpaired) electrons. The molecule has 1 N–H and O–H groups in total. The molecule has 3 aromatic rings. The molecule has 2 aromatic heterocycles. The highest BCUT2D eigenvalue weighted by atomic mass is 35.5. The number of thiophene rings is 1. The summed E-state index contributed by atoms with van der Waals surface area (Å²) in [5.74, 6) is 0.525. The fourth-order valence-electron chi connectivity index (χ4n) is 4.45. The van der Waals surface area contributed by atoms with Crippen molar-refractivity contribution in [3.8, 4) is 16.9 Å². The van der Waals surface area contributed by atoms with Gasteiger partial charge >= 0.3 is 0 Å². The number of aromatic nitrogens is 1. The molecule has 0 bridgehead atoms. The van der Waals surface area contributed by atoms with Gasteiger partial charge in [0.15, 0.2) is 0 Å². The fraction of sp³-hybridized carbons (Fsp3) is 0.375. The van der Waals surface area contributed by atoms with Gasteiger partial charge in [-0.3, -0.25) is 19.5 Å². The SMILES string of the molecule is CO[C@H]1CNC[C@H]1Oc1c(C)cc(Cl)cc1-c1ccnc2cc(CN3C(=O)CCC3=O)sc12. The van der Waals surface area contributed by atoms with Gasteiger partial charge in [0.25, 0.3) is 0 Å². The molecule has 0 spiro atoms. The average molecular weight is 486 g/mol. The van der Waals surface area contributed by atoms with Crippen LogP contribution in [0.5, 0.6) is 5.75 Å². The third-order valence-electron chi connectivity index (χ3n) is 6.14. The van der Waals surface area contributed by atoms with Crippen LogP contribution >= 0.6 is 22.9 Å². The molecule has 0 saturated carbocycles. The van der Waals surface area contributed by atoms with E-state index in [1.165, 1.54) is 16.2 Å². The van der Waals surface area contributed by atoms with E-state index in [2.05, 4.69) is 10.3 Å². The summed E-state index contributed by atoms with van der Waals surface area (Å²) in [6, 6.07) is 7.71. The zero-order chi connectivity index (χ0) is 23.1. The van der Waals surface area contributed by atoms with Crippen molar-refractivity contribution in [2.75, 3.05) is 20.2 Å². The highest BCUT2D eigenvalue weighted by Crippen LogP contribution is 2.42. The first kappa shape index (κ1) is 22.3. The topological polar surface area (TPSA) is 80.8 Å². The number of rotatable bonds is 6. The number of amides is 2. The number of aryl methyl sites for hydroxylation is 1. The Labute approximate surface area is 200 Å². The molecule has 2 saturated heterocycles. The lowest BCUT2D eigenvalue weighted by Gasteiger charge is -2.23. The molecule has 2 amide bonds. The summed E-state index contributed by atoms with van der Waals surface area (Å²) in [4.78, 5) is 30.9. The smallest absolute Gasteiger partial charge is 0.230 e. The third kappa shape index (κ3) is 4.24. The highest BCUT2D eigenvalue weighted by Gasteiger charge is 2.31. The van der Waals surface area contributed by atoms with Crippen molar-refractivity contribution >= 4 is 45.0 Å². The molecule has 0 unspecified atom stereocenters. The lowest BCUT2D eigenvalue weighted by molar-refractivity contribution is -0.138. The number of carbonyl (C=O) groups excluding carboxylic acids is 2. The number of pyridine rings is 1. The number of ether oxygens (including phenoxy) is 2. The van der Waals surface area contributed by atoms with E-state index in [0.717, 1.165) is 44.1 Å². The Morgan fingerprint density at radius 3 is 2.67 bits per heavy atom. The molecule has 5 rings (SSSR count). The lowest BCUT2D eigenvalue weighted by atomic mass is 10.0. The van der Waals surface area contributed by atoms with Gasteiger partial charge in [-0.2, -0.15) is 0 Å². The maximum atomic E-state index is 12.1. The molecule has 0 aliphatic carbocycles. The van der Waals surface area contributed by atoms with E-state index in [9.17, 15) is 9.59 Å². The number of likely N-dealkylation sites (tertiary alicyclic amines) is 1. The number of nitrogens with one attached hydrogen (secondary N) is 1. The minimum atomic E-state index is -0.121. The van der Waals surface area contributed by atoms with Crippen molar-refractivity contribution in [3.05, 3.63) is 45.9 Å². The molecule has 2 atom stereocenters. The molecule has 2 aliphatic heterocycles. The summed E-state index contributed by atoms with van der Waals surface area (Å²) in [5, 5.41) is 3.94. The Kier molecular flexibility index (Phi) is 6.09. The molecule has 172 valence electrons. The van der Waals surface area contributed by atoms with Gasteiger partial charge in [0.05, 0.1) is 16.8 Å². The number of benzene rings is 1. The summed E-state index contributed by atoms with van der Waals surface area (Å²) >= 11 is 7.99. The normalized spacial score (nSPS) is 20.9. The van der Waals surface area contributed by atoms with E-state index in [-0.39, 0.29) is 43.4 Å². The van der Waals surface area contributed by atoms with Crippen LogP contribution in [0.3, 0.4) is 0 Å². The summed E-state index contributed by atoms with van der Waals surface area (Å²) in [6.07, 6.45) is 2.18. The first-order chi connectivity index (χ1) is 15.9. The minimum Gasteiger partial charge on any atom is -0.485 e. The Bertz CT molecular complexity index is 1230. The van der Waals surface area contributed by atoms with Gasteiger partial charge in [-0.15, -0.1) is 11.3 Å². The fourth-order valence-corrected chi connectivity index (χ4v) is 5.86. The van der Waals surface area contributed by atoms with Gasteiger partial charge in [0.1, 0.15) is 18.0 Å². The van der Waals surface area contributed by atoms with Gasteiger partial charge in [-0.05, 0) is 36.8 Å². The predicted octanol–water partition coefficient (Wildman–Crippen LogP) is 3.94. The molecule has 9 heteroatoms. The lowest BCUT2D eigenvalue weighted by Crippen LogP contribution is -2.32. The quantitative estimate of drug-likeness (QED) is 0.533. The van der Waals surface area contributed by atoms with Crippen LogP contribution < -0.4 is 10.1 Å². The van der Waals surface area contributed by atoms with E-state index in [1.807, 2.05) is 31.2 Å². The van der Waals surface area contributed by atoms with Gasteiger partial charge < -0.3 is 14.8 Å². The summed E-state index contributed by atoms with van der Waals surface area (Å²) in [5.41, 5.74) is 3.59. The van der Waals surface area contributed by atoms with Crippen molar-refractivity contribution in [2.24, 2.45) is 0 Å². The van der Waals surface area contributed by atoms with Crippen LogP contribution in [0.25, 0.3) is 21.3 Å². The molecular weight excluding hydrogens is 462 g/mol. The second kappa shape index (κ2) is 9.02. The summed E-state index contributed by atoms with van der Waals surface area (Å²) < 4.78 is 13.0. The molecule has 2 fully saturated rings. The molecule has 1 aromatic carbocycles. The third-order valence-corrected chi connectivity index (χ3v) is 7.50. The van der Waals surface area contributed by atoms with Crippen molar-refractivity contribution in [1.29, 1.82) is 0 Å². The monoisotopic (exact) mass is 485 g/mol. The standard InChI is InChI=1S/C24H24ClN3O4S/c1-13-7-14(25)8-17(23(13)32-20-11-26-10-19(20)31-2)16-5-6-27-18-9-15(33-24(16)18)12-28-21(29)3-4-22(28)30/h5-9,19-20,26H,3-4,10-12H2,1-2H3/t19-,20+/m0/s1. The van der Waals surface area contributed by atoms with Crippen LogP contribution in [0, 0.1) is 6.92 Å². The van der Waals surface area contributed by atoms with Crippen LogP contribution in [0.2, 0.25) is 5.02 Å². The largest absolute Gasteiger partial charge is 0.485 e. The molecule has 4 heterocycles. The Hall–Kier alpha value is -2.52. The Morgan fingerprint density at radius 2 is 1.91 bits per heavy atom. The number of fused-ring (bicyclic) bond motifs is 1. The van der Waals surface area contributed by atoms with E-state index >= 15 is 0 Å². The van der Waals surface area contributed by atoms with Crippen LogP contribution in [0.15, 0.2) is 30.5 Å². The van der Waals surface area contributed by atoms with Crippen molar-refractivity contribution in [2.45, 2.75) is 38.5 Å². The first-order valence-electron chi connectivity index (χ1n) is 10.9. The second-order valence-electron chi connectivity index (χ2n) is 8.35. The van der Waals surface area contributed by atoms with Crippen molar-refractivity contribution < 1.29 is 19.1 Å². The minimum absolute atomic E-state index is 0.0331. The molecule has 2 aliphatic rings. The molecular formula is C24H24ClN3O4S. The van der Waals surface area contributed by atoms with Crippen LogP contribution in [-0.4, -0.2) is 54.1 Å². The van der Waals surface area contributed by atoms with Gasteiger partial charge in [0, 0.05) is 60.3 Å². The van der Waals surface area contributed by atoms with Crippen LogP contribution in [-0.2, 0) is 20.9 Å². The molecule has 7 nitrogen and oxygen atoms in total. The number of methoxy groups -OCH3 is 1. The van der Waals surface area contributed by atoms with Crippen molar-refractivity contribution in [3.63, 3.8) is 0 Å². The number of nitrogens with zero attached hydrogens (tertiary/aromatic N) is 2.